The molecule has 1 amide bonds. The largest absolute Gasteiger partial charge is 0.480 e. The second-order valence-electron chi connectivity index (χ2n) is 3.35. The first-order valence-corrected chi connectivity index (χ1v) is 5.25. The van der Waals surface area contributed by atoms with Gasteiger partial charge in [-0.05, 0) is 20.4 Å². The summed E-state index contributed by atoms with van der Waals surface area (Å²) < 4.78 is 0. The molecule has 3 N–H and O–H groups in total. The van der Waals surface area contributed by atoms with Gasteiger partial charge in [0, 0.05) is 6.42 Å². The number of nitrogens with one attached hydrogen (secondary N) is 2. The van der Waals surface area contributed by atoms with E-state index in [2.05, 4.69) is 23.3 Å². The van der Waals surface area contributed by atoms with Crippen LogP contribution in [0.2, 0.25) is 0 Å². The summed E-state index contributed by atoms with van der Waals surface area (Å²) in [5.74, 6) is -1.37. The van der Waals surface area contributed by atoms with Gasteiger partial charge in [-0.15, -0.1) is 12.6 Å². The van der Waals surface area contributed by atoms with E-state index in [4.69, 9.17) is 5.11 Å². The molecule has 0 aromatic heterocycles. The fourth-order valence-corrected chi connectivity index (χ4v) is 1.11. The quantitative estimate of drug-likeness (QED) is 0.451. The maximum Gasteiger partial charge on any atom is 0.320 e. The standard InChI is InChI=1S/C9H16N2O4S/c1-5(9(15)16)11-7(12)4-3-6(10-2)8(13)14/h5-6,10H,3-4H2,1-2H3,(H,11,12)(H,13,14)(H,15,16)/t5?,6-/m0/s1. The van der Waals surface area contributed by atoms with Gasteiger partial charge in [0.05, 0.1) is 6.04 Å². The number of aliphatic carboxylic acids is 1. The molecule has 6 nitrogen and oxygen atoms in total. The third kappa shape index (κ3) is 5.72. The third-order valence-electron chi connectivity index (χ3n) is 2.05. The summed E-state index contributed by atoms with van der Waals surface area (Å²) in [5.41, 5.74) is 0. The van der Waals surface area contributed by atoms with Gasteiger partial charge in [0.15, 0.2) is 0 Å². The molecule has 7 heteroatoms. The minimum absolute atomic E-state index is 0.0448. The highest BCUT2D eigenvalue weighted by molar-refractivity contribution is 7.96. The summed E-state index contributed by atoms with van der Waals surface area (Å²) in [6.45, 7) is 1.51. The van der Waals surface area contributed by atoms with E-state index in [1.165, 1.54) is 14.0 Å². The Balaban J connectivity index is 3.97. The maximum absolute atomic E-state index is 11.3. The number of carbonyl (C=O) groups excluding carboxylic acids is 2. The zero-order chi connectivity index (χ0) is 12.7. The number of carboxylic acids is 1. The van der Waals surface area contributed by atoms with Gasteiger partial charge in [-0.25, -0.2) is 0 Å². The van der Waals surface area contributed by atoms with E-state index < -0.39 is 23.2 Å². The number of thiol groups is 1. The Labute approximate surface area is 99.2 Å². The van der Waals surface area contributed by atoms with Crippen LogP contribution in [0.1, 0.15) is 19.8 Å². The minimum Gasteiger partial charge on any atom is -0.480 e. The van der Waals surface area contributed by atoms with E-state index in [0.29, 0.717) is 0 Å². The first kappa shape index (κ1) is 14.9. The van der Waals surface area contributed by atoms with E-state index in [-0.39, 0.29) is 18.7 Å². The first-order valence-electron chi connectivity index (χ1n) is 4.80. The second kappa shape index (κ2) is 7.24. The van der Waals surface area contributed by atoms with Crippen molar-refractivity contribution in [3.05, 3.63) is 0 Å². The highest BCUT2D eigenvalue weighted by Gasteiger charge is 2.17. The number of carbonyl (C=O) groups is 3. The zero-order valence-corrected chi connectivity index (χ0v) is 10.1. The molecular weight excluding hydrogens is 232 g/mol. The van der Waals surface area contributed by atoms with Crippen molar-refractivity contribution < 1.29 is 19.5 Å². The number of rotatable bonds is 7. The molecule has 2 atom stereocenters. The molecule has 0 heterocycles. The average molecular weight is 248 g/mol. The summed E-state index contributed by atoms with van der Waals surface area (Å²) in [5, 5.41) is 13.2. The molecule has 92 valence electrons. The Morgan fingerprint density at radius 1 is 1.38 bits per heavy atom. The molecule has 0 aliphatic heterocycles. The molecule has 0 aromatic carbocycles. The normalized spacial score (nSPS) is 13.9. The van der Waals surface area contributed by atoms with Crippen LogP contribution in [0.25, 0.3) is 0 Å². The molecule has 0 aliphatic carbocycles. The van der Waals surface area contributed by atoms with Crippen molar-refractivity contribution in [2.75, 3.05) is 7.05 Å². The molecule has 0 bridgehead atoms. The predicted molar refractivity (Wildman–Crippen MR) is 61.3 cm³/mol. The summed E-state index contributed by atoms with van der Waals surface area (Å²) in [6, 6.07) is -1.42. The van der Waals surface area contributed by atoms with Crippen LogP contribution in [0.15, 0.2) is 0 Å². The van der Waals surface area contributed by atoms with E-state index in [0.717, 1.165) is 0 Å². The number of hydrogen-bond donors (Lipinski definition) is 4. The Hall–Kier alpha value is -1.08. The van der Waals surface area contributed by atoms with E-state index in [9.17, 15) is 14.4 Å². The summed E-state index contributed by atoms with van der Waals surface area (Å²) >= 11 is 3.57. The SMILES string of the molecule is CN[C@@H](CCC(=O)NC(C)C(=O)S)C(=O)O. The van der Waals surface area contributed by atoms with Crippen molar-refractivity contribution in [3.8, 4) is 0 Å². The lowest BCUT2D eigenvalue weighted by Crippen LogP contribution is -2.39. The van der Waals surface area contributed by atoms with Crippen LogP contribution >= 0.6 is 12.6 Å². The topological polar surface area (TPSA) is 95.5 Å². The summed E-state index contributed by atoms with van der Waals surface area (Å²) in [4.78, 5) is 32.6. The molecule has 16 heavy (non-hydrogen) atoms. The lowest BCUT2D eigenvalue weighted by molar-refractivity contribution is -0.139. The van der Waals surface area contributed by atoms with Crippen molar-refractivity contribution in [2.24, 2.45) is 0 Å². The van der Waals surface area contributed by atoms with Gasteiger partial charge < -0.3 is 15.7 Å². The Kier molecular flexibility index (Phi) is 6.75. The summed E-state index contributed by atoms with van der Waals surface area (Å²) in [7, 11) is 1.51. The van der Waals surface area contributed by atoms with Gasteiger partial charge in [-0.3, -0.25) is 14.4 Å². The lowest BCUT2D eigenvalue weighted by atomic mass is 10.1. The fourth-order valence-electron chi connectivity index (χ4n) is 1.04. The third-order valence-corrected chi connectivity index (χ3v) is 2.44. The zero-order valence-electron chi connectivity index (χ0n) is 9.19. The van der Waals surface area contributed by atoms with E-state index in [1.54, 1.807) is 0 Å². The smallest absolute Gasteiger partial charge is 0.320 e. The Morgan fingerprint density at radius 3 is 2.31 bits per heavy atom. The molecule has 0 saturated heterocycles. The van der Waals surface area contributed by atoms with Crippen molar-refractivity contribution in [2.45, 2.75) is 31.8 Å². The monoisotopic (exact) mass is 248 g/mol. The highest BCUT2D eigenvalue weighted by atomic mass is 32.1. The molecule has 0 aliphatic rings. The van der Waals surface area contributed by atoms with Gasteiger partial charge in [0.2, 0.25) is 11.0 Å². The van der Waals surface area contributed by atoms with Gasteiger partial charge in [0.1, 0.15) is 6.04 Å². The minimum atomic E-state index is -1.01. The lowest BCUT2D eigenvalue weighted by Gasteiger charge is -2.12. The second-order valence-corrected chi connectivity index (χ2v) is 3.79. The molecule has 0 radical (unpaired) electrons. The molecule has 0 aromatic rings. The highest BCUT2D eigenvalue weighted by Crippen LogP contribution is 1.98. The van der Waals surface area contributed by atoms with Crippen molar-refractivity contribution in [1.82, 2.24) is 10.6 Å². The number of amides is 1. The first-order chi connectivity index (χ1) is 7.38. The van der Waals surface area contributed by atoms with Crippen LogP contribution in [0.3, 0.4) is 0 Å². The molecule has 0 spiro atoms. The number of hydrogen-bond acceptors (Lipinski definition) is 4. The Bertz CT molecular complexity index is 283. The fraction of sp³-hybridized carbons (Fsp3) is 0.667. The van der Waals surface area contributed by atoms with E-state index in [1.807, 2.05) is 0 Å². The van der Waals surface area contributed by atoms with Crippen LogP contribution in [-0.4, -0.2) is 41.2 Å². The van der Waals surface area contributed by atoms with E-state index >= 15 is 0 Å². The molecule has 0 rings (SSSR count). The van der Waals surface area contributed by atoms with Crippen LogP contribution in [0, 0.1) is 0 Å². The van der Waals surface area contributed by atoms with Gasteiger partial charge in [-0.2, -0.15) is 0 Å². The van der Waals surface area contributed by atoms with Crippen molar-refractivity contribution >= 4 is 29.6 Å². The number of carboxylic acid groups (broad SMARTS) is 1. The van der Waals surface area contributed by atoms with Crippen molar-refractivity contribution in [1.29, 1.82) is 0 Å². The number of likely N-dealkylation sites (N-methyl/N-ethyl adjacent to an activating group) is 1. The predicted octanol–water partition coefficient (Wildman–Crippen LogP) is -0.600. The van der Waals surface area contributed by atoms with Crippen LogP contribution in [0.4, 0.5) is 0 Å². The molecule has 1 unspecified atom stereocenters. The van der Waals surface area contributed by atoms with Crippen LogP contribution in [0.5, 0.6) is 0 Å². The van der Waals surface area contributed by atoms with Crippen LogP contribution < -0.4 is 10.6 Å². The maximum atomic E-state index is 11.3. The van der Waals surface area contributed by atoms with Gasteiger partial charge >= 0.3 is 5.97 Å². The van der Waals surface area contributed by atoms with Crippen LogP contribution in [-0.2, 0) is 14.4 Å². The molecule has 0 fully saturated rings. The molecular formula is C9H16N2O4S. The van der Waals surface area contributed by atoms with Gasteiger partial charge in [0.25, 0.3) is 0 Å². The Morgan fingerprint density at radius 2 is 1.94 bits per heavy atom. The summed E-state index contributed by atoms with van der Waals surface area (Å²) in [6.07, 6.45) is 0.217. The van der Waals surface area contributed by atoms with Crippen molar-refractivity contribution in [3.63, 3.8) is 0 Å². The average Bonchev–Trinajstić information content (AvgIpc) is 2.17. The van der Waals surface area contributed by atoms with Gasteiger partial charge in [-0.1, -0.05) is 0 Å². The molecule has 0 saturated carbocycles.